The number of rotatable bonds is 0. The van der Waals surface area contributed by atoms with Gasteiger partial charge in [-0.1, -0.05) is 25.8 Å². The molecule has 2 rings (SSSR count). The van der Waals surface area contributed by atoms with Gasteiger partial charge in [-0.3, -0.25) is 4.79 Å². The van der Waals surface area contributed by atoms with Crippen molar-refractivity contribution < 1.29 is 4.79 Å². The van der Waals surface area contributed by atoms with Crippen molar-refractivity contribution in [2.45, 2.75) is 59.8 Å². The van der Waals surface area contributed by atoms with E-state index in [-0.39, 0.29) is 0 Å². The third-order valence-electron chi connectivity index (χ3n) is 4.86. The molecule has 0 bridgehead atoms. The Morgan fingerprint density at radius 1 is 1.31 bits per heavy atom. The molecule has 0 aromatic heterocycles. The average Bonchev–Trinajstić information content (AvgIpc) is 2.16. The number of hydrogen-bond acceptors (Lipinski definition) is 1. The van der Waals surface area contributed by atoms with E-state index in [1.807, 2.05) is 0 Å². The number of carbonyl (C=O) groups excluding carboxylic acids is 1. The predicted octanol–water partition coefficient (Wildman–Crippen LogP) is 4.13. The van der Waals surface area contributed by atoms with E-state index in [4.69, 9.17) is 0 Å². The summed E-state index contributed by atoms with van der Waals surface area (Å²) in [4.78, 5) is 12.6. The van der Waals surface area contributed by atoms with E-state index < -0.39 is 0 Å². The largest absolute Gasteiger partial charge is 0.294 e. The first-order valence-corrected chi connectivity index (χ1v) is 6.66. The summed E-state index contributed by atoms with van der Waals surface area (Å²) in [5, 5.41) is 0. The van der Waals surface area contributed by atoms with Crippen LogP contribution in [0.15, 0.2) is 11.1 Å². The van der Waals surface area contributed by atoms with Crippen LogP contribution in [0, 0.1) is 17.3 Å². The van der Waals surface area contributed by atoms with Crippen molar-refractivity contribution in [2.24, 2.45) is 17.3 Å². The van der Waals surface area contributed by atoms with Crippen LogP contribution in [0.1, 0.15) is 59.8 Å². The summed E-state index contributed by atoms with van der Waals surface area (Å²) in [6.07, 6.45) is 6.03. The van der Waals surface area contributed by atoms with Crippen LogP contribution in [-0.4, -0.2) is 5.78 Å². The van der Waals surface area contributed by atoms with Crippen LogP contribution in [0.4, 0.5) is 0 Å². The van der Waals surface area contributed by atoms with Crippen LogP contribution in [0.2, 0.25) is 0 Å². The fourth-order valence-electron chi connectivity index (χ4n) is 3.91. The zero-order valence-electron chi connectivity index (χ0n) is 11.1. The molecule has 0 amide bonds. The number of allylic oxidation sites excluding steroid dienone is 2. The lowest BCUT2D eigenvalue weighted by atomic mass is 9.55. The quantitative estimate of drug-likeness (QED) is 0.561. The zero-order chi connectivity index (χ0) is 11.9. The van der Waals surface area contributed by atoms with Crippen LogP contribution >= 0.6 is 0 Å². The molecular weight excluding hydrogens is 196 g/mol. The molecule has 2 fully saturated rings. The van der Waals surface area contributed by atoms with Gasteiger partial charge in [0.2, 0.25) is 0 Å². The third-order valence-corrected chi connectivity index (χ3v) is 4.86. The molecule has 2 saturated carbocycles. The Morgan fingerprint density at radius 3 is 2.62 bits per heavy atom. The molecule has 0 saturated heterocycles. The second-order valence-corrected chi connectivity index (χ2v) is 6.34. The fraction of sp³-hybridized carbons (Fsp3) is 0.800. The molecule has 0 aromatic carbocycles. The molecule has 2 aliphatic carbocycles. The molecule has 2 aliphatic rings. The van der Waals surface area contributed by atoms with Gasteiger partial charge in [0.15, 0.2) is 5.78 Å². The molecule has 3 atom stereocenters. The summed E-state index contributed by atoms with van der Waals surface area (Å²) < 4.78 is 0. The lowest BCUT2D eigenvalue weighted by molar-refractivity contribution is -0.130. The summed E-state index contributed by atoms with van der Waals surface area (Å²) in [5.74, 6) is 1.36. The molecule has 1 nitrogen and oxygen atoms in total. The minimum atomic E-state index is 0.299. The standard InChI is InChI=1S/C15H24O/c1-10(2)12-7-9-15(4)8-5-6-11(3)13(15)14(12)16/h11,13H,5-9H2,1-4H3/t11-,13+,15+/m0/s1. The number of Topliss-reactive ketones (excluding diaryl/α,β-unsaturated/α-hetero) is 1. The maximum atomic E-state index is 12.6. The van der Waals surface area contributed by atoms with Crippen LogP contribution < -0.4 is 0 Å². The lowest BCUT2D eigenvalue weighted by Crippen LogP contribution is -2.45. The van der Waals surface area contributed by atoms with E-state index in [0.717, 1.165) is 12.0 Å². The molecule has 0 aliphatic heterocycles. The maximum absolute atomic E-state index is 12.6. The molecular formula is C15H24O. The monoisotopic (exact) mass is 220 g/mol. The normalized spacial score (nSPS) is 39.5. The Labute approximate surface area is 99.3 Å². The summed E-state index contributed by atoms with van der Waals surface area (Å²) in [7, 11) is 0. The van der Waals surface area contributed by atoms with E-state index in [2.05, 4.69) is 27.7 Å². The Balaban J connectivity index is 2.35. The molecule has 0 unspecified atom stereocenters. The van der Waals surface area contributed by atoms with Crippen LogP contribution in [0.3, 0.4) is 0 Å². The van der Waals surface area contributed by atoms with Crippen molar-refractivity contribution in [1.82, 2.24) is 0 Å². The number of hydrogen-bond donors (Lipinski definition) is 0. The molecule has 0 radical (unpaired) electrons. The Kier molecular flexibility index (Phi) is 2.98. The SMILES string of the molecule is CC(C)=C1CC[C@@]2(C)CCC[C@H](C)[C@@H]2C1=O. The van der Waals surface area contributed by atoms with E-state index in [1.54, 1.807) is 0 Å². The van der Waals surface area contributed by atoms with Crippen LogP contribution in [0.25, 0.3) is 0 Å². The third kappa shape index (κ3) is 1.74. The van der Waals surface area contributed by atoms with Gasteiger partial charge in [-0.25, -0.2) is 0 Å². The highest BCUT2D eigenvalue weighted by molar-refractivity contribution is 5.99. The maximum Gasteiger partial charge on any atom is 0.162 e. The first kappa shape index (κ1) is 11.9. The van der Waals surface area contributed by atoms with Crippen molar-refractivity contribution in [3.05, 3.63) is 11.1 Å². The lowest BCUT2D eigenvalue weighted by Gasteiger charge is -2.48. The highest BCUT2D eigenvalue weighted by atomic mass is 16.1. The Morgan fingerprint density at radius 2 is 2.00 bits per heavy atom. The first-order valence-electron chi connectivity index (χ1n) is 6.66. The summed E-state index contributed by atoms with van der Waals surface area (Å²) in [5.41, 5.74) is 2.68. The van der Waals surface area contributed by atoms with E-state index in [0.29, 0.717) is 23.0 Å². The average molecular weight is 220 g/mol. The summed E-state index contributed by atoms with van der Waals surface area (Å²) in [6.45, 7) is 8.79. The van der Waals surface area contributed by atoms with Crippen molar-refractivity contribution in [3.8, 4) is 0 Å². The van der Waals surface area contributed by atoms with Gasteiger partial charge in [-0.15, -0.1) is 0 Å². The van der Waals surface area contributed by atoms with Gasteiger partial charge in [-0.2, -0.15) is 0 Å². The van der Waals surface area contributed by atoms with Gasteiger partial charge in [0.25, 0.3) is 0 Å². The van der Waals surface area contributed by atoms with Crippen molar-refractivity contribution in [2.75, 3.05) is 0 Å². The van der Waals surface area contributed by atoms with Gasteiger partial charge < -0.3 is 0 Å². The Hall–Kier alpha value is -0.590. The highest BCUT2D eigenvalue weighted by Gasteiger charge is 2.47. The van der Waals surface area contributed by atoms with E-state index in [9.17, 15) is 4.79 Å². The number of ketones is 1. The van der Waals surface area contributed by atoms with Crippen LogP contribution in [0.5, 0.6) is 0 Å². The van der Waals surface area contributed by atoms with E-state index >= 15 is 0 Å². The highest BCUT2D eigenvalue weighted by Crippen LogP contribution is 2.52. The molecule has 0 spiro atoms. The second kappa shape index (κ2) is 4.01. The van der Waals surface area contributed by atoms with Crippen molar-refractivity contribution in [3.63, 3.8) is 0 Å². The number of carbonyl (C=O) groups is 1. The fourth-order valence-corrected chi connectivity index (χ4v) is 3.91. The Bertz CT molecular complexity index is 335. The van der Waals surface area contributed by atoms with Gasteiger partial charge in [0.1, 0.15) is 0 Å². The molecule has 0 N–H and O–H groups in total. The van der Waals surface area contributed by atoms with Crippen molar-refractivity contribution >= 4 is 5.78 Å². The smallest absolute Gasteiger partial charge is 0.162 e. The first-order chi connectivity index (χ1) is 7.46. The van der Waals surface area contributed by atoms with Gasteiger partial charge in [-0.05, 0) is 56.4 Å². The zero-order valence-corrected chi connectivity index (χ0v) is 11.1. The predicted molar refractivity (Wildman–Crippen MR) is 67.2 cm³/mol. The minimum absolute atomic E-state index is 0.299. The van der Waals surface area contributed by atoms with Crippen molar-refractivity contribution in [1.29, 1.82) is 0 Å². The van der Waals surface area contributed by atoms with Crippen LogP contribution in [-0.2, 0) is 4.79 Å². The molecule has 0 aromatic rings. The summed E-state index contributed by atoms with van der Waals surface area (Å²) in [6, 6.07) is 0. The van der Waals surface area contributed by atoms with E-state index in [1.165, 1.54) is 31.3 Å². The second-order valence-electron chi connectivity index (χ2n) is 6.34. The summed E-state index contributed by atoms with van der Waals surface area (Å²) >= 11 is 0. The number of fused-ring (bicyclic) bond motifs is 1. The molecule has 0 heterocycles. The molecule has 90 valence electrons. The topological polar surface area (TPSA) is 17.1 Å². The minimum Gasteiger partial charge on any atom is -0.294 e. The van der Waals surface area contributed by atoms with Gasteiger partial charge in [0.05, 0.1) is 0 Å². The molecule has 1 heteroatoms. The molecule has 16 heavy (non-hydrogen) atoms. The van der Waals surface area contributed by atoms with Gasteiger partial charge >= 0.3 is 0 Å². The van der Waals surface area contributed by atoms with Gasteiger partial charge in [0, 0.05) is 5.92 Å².